The maximum absolute atomic E-state index is 13.1. The fourth-order valence-electron chi connectivity index (χ4n) is 1.79. The third-order valence-electron chi connectivity index (χ3n) is 2.75. The topological polar surface area (TPSA) is 28.2 Å². The highest BCUT2D eigenvalue weighted by molar-refractivity contribution is 5.53. The quantitative estimate of drug-likeness (QED) is 0.897. The molecule has 0 atom stereocenters. The molecule has 0 saturated carbocycles. The van der Waals surface area contributed by atoms with Crippen LogP contribution < -0.4 is 10.2 Å². The summed E-state index contributed by atoms with van der Waals surface area (Å²) in [6.45, 7) is 0.658. The molecule has 18 heavy (non-hydrogen) atoms. The molecule has 4 heteroatoms. The van der Waals surface area contributed by atoms with Crippen molar-refractivity contribution in [3.05, 3.63) is 54.0 Å². The zero-order valence-corrected chi connectivity index (χ0v) is 10.5. The van der Waals surface area contributed by atoms with Crippen molar-refractivity contribution in [2.75, 3.05) is 24.3 Å². The third kappa shape index (κ3) is 2.97. The van der Waals surface area contributed by atoms with E-state index in [1.54, 1.807) is 18.3 Å². The lowest BCUT2D eigenvalue weighted by Crippen LogP contribution is -2.16. The summed E-state index contributed by atoms with van der Waals surface area (Å²) in [5, 5.41) is 3.00. The molecule has 0 radical (unpaired) electrons. The molecule has 0 aliphatic heterocycles. The molecule has 3 nitrogen and oxygen atoms in total. The summed E-state index contributed by atoms with van der Waals surface area (Å²) in [7, 11) is 3.80. The van der Waals surface area contributed by atoms with Crippen molar-refractivity contribution in [1.29, 1.82) is 0 Å². The van der Waals surface area contributed by atoms with Crippen molar-refractivity contribution in [3.8, 4) is 0 Å². The lowest BCUT2D eigenvalue weighted by atomic mass is 10.2. The first-order chi connectivity index (χ1) is 8.69. The van der Waals surface area contributed by atoms with Crippen LogP contribution in [0.1, 0.15) is 5.56 Å². The molecule has 0 saturated heterocycles. The molecular formula is C14H16FN3. The van der Waals surface area contributed by atoms with Crippen LogP contribution in [0.25, 0.3) is 0 Å². The van der Waals surface area contributed by atoms with Gasteiger partial charge in [-0.25, -0.2) is 9.37 Å². The zero-order valence-electron chi connectivity index (χ0n) is 10.5. The van der Waals surface area contributed by atoms with Crippen molar-refractivity contribution in [2.24, 2.45) is 0 Å². The van der Waals surface area contributed by atoms with Crippen molar-refractivity contribution in [2.45, 2.75) is 6.54 Å². The summed E-state index contributed by atoms with van der Waals surface area (Å²) < 4.78 is 13.1. The molecule has 1 aromatic heterocycles. The highest BCUT2D eigenvalue weighted by Crippen LogP contribution is 2.18. The van der Waals surface area contributed by atoms with Crippen LogP contribution in [0.4, 0.5) is 15.9 Å². The third-order valence-corrected chi connectivity index (χ3v) is 2.75. The van der Waals surface area contributed by atoms with Gasteiger partial charge in [0.05, 0.1) is 0 Å². The first kappa shape index (κ1) is 12.4. The van der Waals surface area contributed by atoms with E-state index in [4.69, 9.17) is 0 Å². The van der Waals surface area contributed by atoms with E-state index in [9.17, 15) is 4.39 Å². The van der Waals surface area contributed by atoms with E-state index in [-0.39, 0.29) is 5.82 Å². The number of nitrogens with zero attached hydrogens (tertiary/aromatic N) is 2. The zero-order chi connectivity index (χ0) is 13.0. The van der Waals surface area contributed by atoms with Gasteiger partial charge < -0.3 is 10.2 Å². The second-order valence-electron chi connectivity index (χ2n) is 4.14. The van der Waals surface area contributed by atoms with E-state index in [1.807, 2.05) is 32.3 Å². The van der Waals surface area contributed by atoms with Crippen molar-refractivity contribution in [1.82, 2.24) is 4.98 Å². The van der Waals surface area contributed by atoms with Gasteiger partial charge in [-0.1, -0.05) is 12.1 Å². The van der Waals surface area contributed by atoms with E-state index in [1.165, 1.54) is 6.07 Å². The number of anilines is 2. The van der Waals surface area contributed by atoms with E-state index >= 15 is 0 Å². The smallest absolute Gasteiger partial charge is 0.127 e. The van der Waals surface area contributed by atoms with Gasteiger partial charge in [0, 0.05) is 38.6 Å². The van der Waals surface area contributed by atoms with Gasteiger partial charge in [0.1, 0.15) is 11.6 Å². The fraction of sp³-hybridized carbons (Fsp3) is 0.214. The molecule has 1 aromatic carbocycles. The molecule has 0 fully saturated rings. The Morgan fingerprint density at radius 3 is 2.83 bits per heavy atom. The maximum Gasteiger partial charge on any atom is 0.127 e. The van der Waals surface area contributed by atoms with Crippen LogP contribution in [0.3, 0.4) is 0 Å². The molecule has 0 aliphatic rings. The predicted molar refractivity (Wildman–Crippen MR) is 72.3 cm³/mol. The molecule has 0 unspecified atom stereocenters. The van der Waals surface area contributed by atoms with E-state index in [0.717, 1.165) is 17.1 Å². The Bertz CT molecular complexity index is 528. The van der Waals surface area contributed by atoms with Crippen LogP contribution in [0.2, 0.25) is 0 Å². The predicted octanol–water partition coefficient (Wildman–Crippen LogP) is 2.90. The van der Waals surface area contributed by atoms with Crippen LogP contribution >= 0.6 is 0 Å². The average molecular weight is 245 g/mol. The number of pyridine rings is 1. The number of nitrogens with one attached hydrogen (secondary N) is 1. The standard InChI is InChI=1S/C14H16FN3/c1-16-14-9-13(6-7-17-14)18(2)10-11-4-3-5-12(15)8-11/h3-9H,10H2,1-2H3,(H,16,17). The van der Waals surface area contributed by atoms with Crippen LogP contribution in [0.5, 0.6) is 0 Å². The Morgan fingerprint density at radius 1 is 1.28 bits per heavy atom. The first-order valence-electron chi connectivity index (χ1n) is 5.78. The van der Waals surface area contributed by atoms with Gasteiger partial charge in [0.15, 0.2) is 0 Å². The van der Waals surface area contributed by atoms with Crippen LogP contribution in [-0.4, -0.2) is 19.1 Å². The summed E-state index contributed by atoms with van der Waals surface area (Å²) in [6.07, 6.45) is 1.75. The number of hydrogen-bond donors (Lipinski definition) is 1. The normalized spacial score (nSPS) is 10.2. The van der Waals surface area contributed by atoms with E-state index in [0.29, 0.717) is 6.54 Å². The highest BCUT2D eigenvalue weighted by atomic mass is 19.1. The van der Waals surface area contributed by atoms with Crippen LogP contribution in [-0.2, 0) is 6.54 Å². The highest BCUT2D eigenvalue weighted by Gasteiger charge is 2.04. The largest absolute Gasteiger partial charge is 0.373 e. The summed E-state index contributed by atoms with van der Waals surface area (Å²) >= 11 is 0. The number of rotatable bonds is 4. The van der Waals surface area contributed by atoms with Gasteiger partial charge in [-0.15, -0.1) is 0 Å². The molecule has 0 aliphatic carbocycles. The van der Waals surface area contributed by atoms with Gasteiger partial charge in [-0.3, -0.25) is 0 Å². The SMILES string of the molecule is CNc1cc(N(C)Cc2cccc(F)c2)ccn1. The van der Waals surface area contributed by atoms with E-state index in [2.05, 4.69) is 15.2 Å². The molecule has 94 valence electrons. The molecule has 1 N–H and O–H groups in total. The number of aromatic nitrogens is 1. The number of halogens is 1. The van der Waals surface area contributed by atoms with Gasteiger partial charge in [0.2, 0.25) is 0 Å². The Hall–Kier alpha value is -2.10. The van der Waals surface area contributed by atoms with Crippen LogP contribution in [0.15, 0.2) is 42.6 Å². The second-order valence-corrected chi connectivity index (χ2v) is 4.14. The van der Waals surface area contributed by atoms with Gasteiger partial charge >= 0.3 is 0 Å². The van der Waals surface area contributed by atoms with Crippen molar-refractivity contribution < 1.29 is 4.39 Å². The van der Waals surface area contributed by atoms with E-state index < -0.39 is 0 Å². The van der Waals surface area contributed by atoms with Crippen molar-refractivity contribution >= 4 is 11.5 Å². The maximum atomic E-state index is 13.1. The molecule has 2 aromatic rings. The Kier molecular flexibility index (Phi) is 3.77. The minimum Gasteiger partial charge on any atom is -0.373 e. The average Bonchev–Trinajstić information content (AvgIpc) is 2.39. The summed E-state index contributed by atoms with van der Waals surface area (Å²) in [4.78, 5) is 6.22. The second kappa shape index (κ2) is 5.49. The Labute approximate surface area is 106 Å². The molecule has 0 bridgehead atoms. The lowest BCUT2D eigenvalue weighted by Gasteiger charge is -2.19. The number of hydrogen-bond acceptors (Lipinski definition) is 3. The van der Waals surface area contributed by atoms with Gasteiger partial charge in [-0.2, -0.15) is 0 Å². The van der Waals surface area contributed by atoms with Crippen LogP contribution in [0, 0.1) is 5.82 Å². The summed E-state index contributed by atoms with van der Waals surface area (Å²) in [5.41, 5.74) is 1.99. The first-order valence-corrected chi connectivity index (χ1v) is 5.78. The Balaban J connectivity index is 2.13. The molecule has 2 rings (SSSR count). The monoisotopic (exact) mass is 245 g/mol. The minimum absolute atomic E-state index is 0.202. The molecular weight excluding hydrogens is 229 g/mol. The fourth-order valence-corrected chi connectivity index (χ4v) is 1.79. The van der Waals surface area contributed by atoms with Crippen molar-refractivity contribution in [3.63, 3.8) is 0 Å². The summed E-state index contributed by atoms with van der Waals surface area (Å²) in [5.74, 6) is 0.616. The van der Waals surface area contributed by atoms with Gasteiger partial charge in [-0.05, 0) is 23.8 Å². The number of benzene rings is 1. The lowest BCUT2D eigenvalue weighted by molar-refractivity contribution is 0.625. The summed E-state index contributed by atoms with van der Waals surface area (Å²) in [6, 6.07) is 10.5. The van der Waals surface area contributed by atoms with Gasteiger partial charge in [0.25, 0.3) is 0 Å². The Morgan fingerprint density at radius 2 is 2.11 bits per heavy atom. The minimum atomic E-state index is -0.202. The molecule has 0 spiro atoms. The molecule has 0 amide bonds. The molecule has 1 heterocycles.